The van der Waals surface area contributed by atoms with E-state index in [-0.39, 0.29) is 13.2 Å². The van der Waals surface area contributed by atoms with Crippen LogP contribution in [0.4, 0.5) is 11.4 Å². The molecule has 0 atom stereocenters. The zero-order valence-electron chi connectivity index (χ0n) is 20.3. The lowest BCUT2D eigenvalue weighted by atomic mass is 10.1. The predicted octanol–water partition coefficient (Wildman–Crippen LogP) is 5.18. The summed E-state index contributed by atoms with van der Waals surface area (Å²) in [4.78, 5) is 4.31. The van der Waals surface area contributed by atoms with Gasteiger partial charge in [0.25, 0.3) is 0 Å². The van der Waals surface area contributed by atoms with Crippen molar-refractivity contribution in [3.8, 4) is 23.0 Å². The Kier molecular flexibility index (Phi) is 6.30. The minimum absolute atomic E-state index is 0.0125. The molecule has 0 amide bonds. The van der Waals surface area contributed by atoms with Gasteiger partial charge in [-0.1, -0.05) is 24.3 Å². The van der Waals surface area contributed by atoms with E-state index in [0.29, 0.717) is 13.5 Å². The van der Waals surface area contributed by atoms with Crippen LogP contribution in [0.25, 0.3) is 0 Å². The lowest BCUT2D eigenvalue weighted by molar-refractivity contribution is 0.274. The maximum absolute atomic E-state index is 9.33. The van der Waals surface area contributed by atoms with Gasteiger partial charge in [-0.05, 0) is 71.8 Å². The van der Waals surface area contributed by atoms with Gasteiger partial charge in [0, 0.05) is 35.6 Å². The summed E-state index contributed by atoms with van der Waals surface area (Å²) in [6.07, 6.45) is 0. The molecule has 7 heteroatoms. The molecule has 0 fully saturated rings. The maximum atomic E-state index is 9.33. The number of anilines is 2. The zero-order valence-corrected chi connectivity index (χ0v) is 20.3. The molecule has 7 nitrogen and oxygen atoms in total. The maximum Gasteiger partial charge on any atom is 0.161 e. The Balaban J connectivity index is 1.08. The van der Waals surface area contributed by atoms with E-state index in [4.69, 9.17) is 14.2 Å². The fourth-order valence-corrected chi connectivity index (χ4v) is 4.64. The molecule has 188 valence electrons. The van der Waals surface area contributed by atoms with Crippen LogP contribution in [-0.4, -0.2) is 23.7 Å². The Morgan fingerprint density at radius 3 is 1.43 bits per heavy atom. The largest absolute Gasteiger partial charge is 0.473 e. The Morgan fingerprint density at radius 2 is 1.03 bits per heavy atom. The molecule has 4 aromatic carbocycles. The summed E-state index contributed by atoms with van der Waals surface area (Å²) in [5.41, 5.74) is 6.01. The molecule has 0 unspecified atom stereocenters. The summed E-state index contributed by atoms with van der Waals surface area (Å²) < 4.78 is 17.9. The van der Waals surface area contributed by atoms with Crippen molar-refractivity contribution in [3.63, 3.8) is 0 Å². The van der Waals surface area contributed by atoms with Crippen LogP contribution in [0.1, 0.15) is 22.3 Å². The van der Waals surface area contributed by atoms with Crippen LogP contribution in [0.2, 0.25) is 0 Å². The summed E-state index contributed by atoms with van der Waals surface area (Å²) in [5, 5.41) is 18.7. The Bertz CT molecular complexity index is 1280. The Hall–Kier alpha value is -4.20. The summed E-state index contributed by atoms with van der Waals surface area (Å²) in [5.74, 6) is 3.19. The Morgan fingerprint density at radius 1 is 0.595 bits per heavy atom. The van der Waals surface area contributed by atoms with Gasteiger partial charge in [-0.2, -0.15) is 0 Å². The highest BCUT2D eigenvalue weighted by atomic mass is 16.5. The van der Waals surface area contributed by atoms with Gasteiger partial charge in [0.1, 0.15) is 23.0 Å². The molecule has 37 heavy (non-hydrogen) atoms. The van der Waals surface area contributed by atoms with Crippen molar-refractivity contribution in [1.82, 2.24) is 0 Å². The second kappa shape index (κ2) is 10.0. The molecule has 0 bridgehead atoms. The van der Waals surface area contributed by atoms with Crippen molar-refractivity contribution in [2.24, 2.45) is 0 Å². The summed E-state index contributed by atoms with van der Waals surface area (Å²) in [7, 11) is 0. The number of ether oxygens (including phenoxy) is 3. The number of rotatable bonds is 6. The Labute approximate surface area is 215 Å². The fraction of sp³-hybridized carbons (Fsp3) is 0.200. The molecular formula is C30H28N2O5. The molecule has 4 aromatic rings. The lowest BCUT2D eigenvalue weighted by Gasteiger charge is -2.31. The second-order valence-electron chi connectivity index (χ2n) is 9.23. The standard InChI is InChI=1S/C30H28N2O5/c33-17-21-1-3-23-15-31(19-35-29(23)13-21)25-5-9-27(10-6-25)37-28-11-7-26(8-12-28)32-16-24-4-2-22(18-34)14-30(24)36-20-32/h1-14,33-34H,15-20H2. The highest BCUT2D eigenvalue weighted by molar-refractivity contribution is 5.55. The molecule has 2 aliphatic heterocycles. The van der Waals surface area contributed by atoms with E-state index >= 15 is 0 Å². The molecule has 0 saturated carbocycles. The van der Waals surface area contributed by atoms with Crippen LogP contribution in [0, 0.1) is 0 Å². The van der Waals surface area contributed by atoms with Crippen molar-refractivity contribution >= 4 is 11.4 Å². The number of aliphatic hydroxyl groups excluding tert-OH is 2. The molecule has 0 aromatic heterocycles. The first kappa shape index (κ1) is 23.2. The van der Waals surface area contributed by atoms with Crippen LogP contribution < -0.4 is 24.0 Å². The first-order valence-electron chi connectivity index (χ1n) is 12.3. The van der Waals surface area contributed by atoms with Crippen LogP contribution in [0.3, 0.4) is 0 Å². The van der Waals surface area contributed by atoms with E-state index < -0.39 is 0 Å². The van der Waals surface area contributed by atoms with E-state index in [0.717, 1.165) is 69.7 Å². The highest BCUT2D eigenvalue weighted by Gasteiger charge is 2.19. The van der Waals surface area contributed by atoms with Crippen molar-refractivity contribution in [1.29, 1.82) is 0 Å². The highest BCUT2D eigenvalue weighted by Crippen LogP contribution is 2.33. The normalized spacial score (nSPS) is 14.3. The van der Waals surface area contributed by atoms with Gasteiger partial charge in [0.15, 0.2) is 13.5 Å². The summed E-state index contributed by atoms with van der Waals surface area (Å²) >= 11 is 0. The third-order valence-electron chi connectivity index (χ3n) is 6.74. The van der Waals surface area contributed by atoms with Crippen LogP contribution in [-0.2, 0) is 26.3 Å². The zero-order chi connectivity index (χ0) is 25.2. The number of fused-ring (bicyclic) bond motifs is 2. The van der Waals surface area contributed by atoms with E-state index in [9.17, 15) is 10.2 Å². The van der Waals surface area contributed by atoms with Gasteiger partial charge in [-0.3, -0.25) is 0 Å². The SMILES string of the molecule is OCc1ccc2c(c1)OCN(c1ccc(Oc3ccc(N4COc5cc(CO)ccc5C4)cc3)cc1)C2. The predicted molar refractivity (Wildman–Crippen MR) is 141 cm³/mol. The lowest BCUT2D eigenvalue weighted by Crippen LogP contribution is -2.31. The number of aliphatic hydroxyl groups is 2. The number of hydrogen-bond acceptors (Lipinski definition) is 7. The van der Waals surface area contributed by atoms with Gasteiger partial charge < -0.3 is 34.2 Å². The van der Waals surface area contributed by atoms with E-state index in [1.54, 1.807) is 0 Å². The van der Waals surface area contributed by atoms with Gasteiger partial charge >= 0.3 is 0 Å². The van der Waals surface area contributed by atoms with Crippen molar-refractivity contribution in [2.45, 2.75) is 26.3 Å². The molecule has 2 aliphatic rings. The molecular weight excluding hydrogens is 468 g/mol. The molecule has 0 aliphatic carbocycles. The number of nitrogens with zero attached hydrogens (tertiary/aromatic N) is 2. The summed E-state index contributed by atoms with van der Waals surface area (Å²) in [6, 6.07) is 27.7. The molecule has 2 N–H and O–H groups in total. The minimum Gasteiger partial charge on any atom is -0.473 e. The molecule has 0 radical (unpaired) electrons. The fourth-order valence-electron chi connectivity index (χ4n) is 4.64. The quantitative estimate of drug-likeness (QED) is 0.381. The molecule has 0 saturated heterocycles. The second-order valence-corrected chi connectivity index (χ2v) is 9.23. The number of benzene rings is 4. The number of hydrogen-bond donors (Lipinski definition) is 2. The average Bonchev–Trinajstić information content (AvgIpc) is 2.97. The van der Waals surface area contributed by atoms with Gasteiger partial charge in [0.2, 0.25) is 0 Å². The van der Waals surface area contributed by atoms with Gasteiger partial charge in [-0.15, -0.1) is 0 Å². The molecule has 6 rings (SSSR count). The smallest absolute Gasteiger partial charge is 0.161 e. The van der Waals surface area contributed by atoms with Gasteiger partial charge in [0.05, 0.1) is 13.2 Å². The minimum atomic E-state index is 0.0125. The summed E-state index contributed by atoms with van der Waals surface area (Å²) in [6.45, 7) is 2.43. The van der Waals surface area contributed by atoms with Crippen molar-refractivity contribution in [3.05, 3.63) is 107 Å². The first-order valence-corrected chi connectivity index (χ1v) is 12.3. The van der Waals surface area contributed by atoms with Gasteiger partial charge in [-0.25, -0.2) is 0 Å². The third-order valence-corrected chi connectivity index (χ3v) is 6.74. The molecule has 0 spiro atoms. The van der Waals surface area contributed by atoms with Crippen LogP contribution in [0.5, 0.6) is 23.0 Å². The van der Waals surface area contributed by atoms with E-state index in [1.165, 1.54) is 0 Å². The van der Waals surface area contributed by atoms with Crippen molar-refractivity contribution < 1.29 is 24.4 Å². The third kappa shape index (κ3) is 4.91. The monoisotopic (exact) mass is 496 g/mol. The van der Waals surface area contributed by atoms with E-state index in [2.05, 4.69) is 9.80 Å². The van der Waals surface area contributed by atoms with Crippen LogP contribution in [0.15, 0.2) is 84.9 Å². The van der Waals surface area contributed by atoms with E-state index in [1.807, 2.05) is 84.9 Å². The molecule has 2 heterocycles. The average molecular weight is 497 g/mol. The topological polar surface area (TPSA) is 74.6 Å². The first-order chi connectivity index (χ1) is 18.2. The van der Waals surface area contributed by atoms with Crippen molar-refractivity contribution in [2.75, 3.05) is 23.3 Å². The van der Waals surface area contributed by atoms with Crippen LogP contribution >= 0.6 is 0 Å².